The van der Waals surface area contributed by atoms with Crippen molar-refractivity contribution < 1.29 is 23.9 Å². The van der Waals surface area contributed by atoms with Crippen LogP contribution in [0.4, 0.5) is 10.5 Å². The van der Waals surface area contributed by atoms with Crippen molar-refractivity contribution >= 4 is 40.6 Å². The van der Waals surface area contributed by atoms with E-state index in [9.17, 15) is 14.4 Å². The Kier molecular flexibility index (Phi) is 6.17. The van der Waals surface area contributed by atoms with E-state index in [2.05, 4.69) is 32.7 Å². The number of anilines is 1. The van der Waals surface area contributed by atoms with Crippen LogP contribution in [-0.4, -0.2) is 54.9 Å². The van der Waals surface area contributed by atoms with E-state index in [-0.39, 0.29) is 23.6 Å². The lowest BCUT2D eigenvalue weighted by atomic mass is 9.80. The van der Waals surface area contributed by atoms with Crippen LogP contribution >= 0.6 is 11.8 Å². The molecule has 1 aromatic carbocycles. The highest BCUT2D eigenvalue weighted by molar-refractivity contribution is 8.18. The van der Waals surface area contributed by atoms with Gasteiger partial charge >= 0.3 is 5.97 Å². The van der Waals surface area contributed by atoms with Crippen LogP contribution in [-0.2, 0) is 14.3 Å². The summed E-state index contributed by atoms with van der Waals surface area (Å²) in [6, 6.07) is 4.02. The number of amides is 2. The summed E-state index contributed by atoms with van der Waals surface area (Å²) >= 11 is 0.819. The van der Waals surface area contributed by atoms with Crippen molar-refractivity contribution in [2.75, 3.05) is 32.2 Å². The number of ether oxygens (including phenoxy) is 2. The van der Waals surface area contributed by atoms with Gasteiger partial charge in [0.05, 0.1) is 18.6 Å². The van der Waals surface area contributed by atoms with Crippen molar-refractivity contribution in [1.29, 1.82) is 0 Å². The lowest BCUT2D eigenvalue weighted by molar-refractivity contribution is -0.145. The first-order chi connectivity index (χ1) is 14.1. The van der Waals surface area contributed by atoms with Gasteiger partial charge in [0.25, 0.3) is 11.1 Å². The molecule has 1 saturated heterocycles. The molecule has 8 heteroatoms. The van der Waals surface area contributed by atoms with Crippen LogP contribution in [0.5, 0.6) is 5.75 Å². The second-order valence-corrected chi connectivity index (χ2v) is 9.20. The van der Waals surface area contributed by atoms with E-state index in [4.69, 9.17) is 9.47 Å². The first-order valence-corrected chi connectivity index (χ1v) is 10.8. The summed E-state index contributed by atoms with van der Waals surface area (Å²) in [5.74, 6) is -0.137. The smallest absolute Gasteiger partial charge is 0.326 e. The molecule has 0 aliphatic carbocycles. The number of hydrogen-bond acceptors (Lipinski definition) is 7. The summed E-state index contributed by atoms with van der Waals surface area (Å²) in [4.78, 5) is 40.1. The maximum absolute atomic E-state index is 12.7. The molecule has 2 heterocycles. The molecule has 7 nitrogen and oxygen atoms in total. The van der Waals surface area contributed by atoms with E-state index < -0.39 is 17.1 Å². The minimum absolute atomic E-state index is 0.0225. The number of hydrogen-bond donors (Lipinski definition) is 0. The maximum atomic E-state index is 12.7. The zero-order chi connectivity index (χ0) is 22.2. The average molecular weight is 433 g/mol. The second kappa shape index (κ2) is 8.34. The number of nitrogens with zero attached hydrogens (tertiary/aromatic N) is 2. The van der Waals surface area contributed by atoms with Crippen molar-refractivity contribution in [1.82, 2.24) is 4.90 Å². The Morgan fingerprint density at radius 1 is 1.33 bits per heavy atom. The van der Waals surface area contributed by atoms with Gasteiger partial charge in [0.2, 0.25) is 0 Å². The standard InChI is InChI=1S/C22H28N2O5S/c1-7-29-19(25)12-24-20(26)18(30-21(24)27)9-14-8-15-13(2)11-22(3,4)23(5)16(15)10-17(14)28-6/h8-10,13H,7,11-12H2,1-6H3/b18-9-. The average Bonchev–Trinajstić information content (AvgIpc) is 2.93. The molecule has 0 N–H and O–H groups in total. The third kappa shape index (κ3) is 4.05. The lowest BCUT2D eigenvalue weighted by Gasteiger charge is -2.45. The van der Waals surface area contributed by atoms with Crippen molar-refractivity contribution in [3.63, 3.8) is 0 Å². The first kappa shape index (κ1) is 22.2. The quantitative estimate of drug-likeness (QED) is 0.514. The van der Waals surface area contributed by atoms with Gasteiger partial charge in [-0.15, -0.1) is 0 Å². The van der Waals surface area contributed by atoms with Crippen LogP contribution in [0.3, 0.4) is 0 Å². The van der Waals surface area contributed by atoms with E-state index in [0.29, 0.717) is 11.7 Å². The van der Waals surface area contributed by atoms with E-state index in [0.717, 1.165) is 34.3 Å². The van der Waals surface area contributed by atoms with Crippen molar-refractivity contribution in [3.05, 3.63) is 28.2 Å². The molecule has 1 unspecified atom stereocenters. The zero-order valence-corrected chi connectivity index (χ0v) is 19.1. The Labute approximate surface area is 181 Å². The molecular formula is C22H28N2O5S. The molecule has 2 aliphatic heterocycles. The SMILES string of the molecule is CCOC(=O)CN1C(=O)S/C(=C\c2cc3c(cc2OC)N(C)C(C)(C)CC3C)C1=O. The summed E-state index contributed by atoms with van der Waals surface area (Å²) < 4.78 is 10.4. The van der Waals surface area contributed by atoms with Crippen LogP contribution in [0.15, 0.2) is 17.0 Å². The fourth-order valence-corrected chi connectivity index (χ4v) is 4.84. The number of thioether (sulfide) groups is 1. The Morgan fingerprint density at radius 2 is 2.03 bits per heavy atom. The summed E-state index contributed by atoms with van der Waals surface area (Å²) in [5.41, 5.74) is 3.03. The highest BCUT2D eigenvalue weighted by Gasteiger charge is 2.38. The predicted molar refractivity (Wildman–Crippen MR) is 118 cm³/mol. The number of carbonyl (C=O) groups is 3. The minimum atomic E-state index is -0.605. The number of carbonyl (C=O) groups excluding carboxylic acids is 3. The van der Waals surface area contributed by atoms with Crippen LogP contribution in [0, 0.1) is 0 Å². The third-order valence-corrected chi connectivity index (χ3v) is 6.65. The molecule has 30 heavy (non-hydrogen) atoms. The highest BCUT2D eigenvalue weighted by atomic mass is 32.2. The number of rotatable bonds is 5. The van der Waals surface area contributed by atoms with Crippen molar-refractivity contribution in [2.45, 2.75) is 45.6 Å². The molecule has 162 valence electrons. The van der Waals surface area contributed by atoms with Crippen LogP contribution in [0.2, 0.25) is 0 Å². The summed E-state index contributed by atoms with van der Waals surface area (Å²) in [7, 11) is 3.66. The fraction of sp³-hybridized carbons (Fsp3) is 0.500. The molecule has 0 saturated carbocycles. The van der Waals surface area contributed by atoms with Crippen LogP contribution < -0.4 is 9.64 Å². The van der Waals surface area contributed by atoms with Crippen LogP contribution in [0.1, 0.15) is 51.2 Å². The van der Waals surface area contributed by atoms with Crippen LogP contribution in [0.25, 0.3) is 6.08 Å². The van der Waals surface area contributed by atoms with Crippen molar-refractivity contribution in [3.8, 4) is 5.75 Å². The number of esters is 1. The largest absolute Gasteiger partial charge is 0.496 e. The number of imide groups is 1. The Morgan fingerprint density at radius 3 is 2.67 bits per heavy atom. The number of fused-ring (bicyclic) bond motifs is 1. The van der Waals surface area contributed by atoms with Gasteiger partial charge in [0.15, 0.2) is 0 Å². The van der Waals surface area contributed by atoms with E-state index in [1.54, 1.807) is 20.1 Å². The van der Waals surface area contributed by atoms with Gasteiger partial charge in [0, 0.05) is 29.9 Å². The van der Waals surface area contributed by atoms with Gasteiger partial charge in [0.1, 0.15) is 12.3 Å². The Balaban J connectivity index is 1.96. The van der Waals surface area contributed by atoms with Gasteiger partial charge in [-0.2, -0.15) is 0 Å². The molecule has 0 aromatic heterocycles. The Bertz CT molecular complexity index is 924. The van der Waals surface area contributed by atoms with Gasteiger partial charge in [-0.05, 0) is 62.6 Å². The van der Waals surface area contributed by atoms with E-state index in [1.807, 2.05) is 12.1 Å². The summed E-state index contributed by atoms with van der Waals surface area (Å²) in [6.45, 7) is 8.11. The molecule has 0 bridgehead atoms. The van der Waals surface area contributed by atoms with Gasteiger partial charge in [-0.3, -0.25) is 19.3 Å². The van der Waals surface area contributed by atoms with Gasteiger partial charge < -0.3 is 14.4 Å². The highest BCUT2D eigenvalue weighted by Crippen LogP contribution is 2.45. The molecule has 1 fully saturated rings. The minimum Gasteiger partial charge on any atom is -0.496 e. The second-order valence-electron chi connectivity index (χ2n) is 8.20. The van der Waals surface area contributed by atoms with E-state index >= 15 is 0 Å². The fourth-order valence-electron chi connectivity index (χ4n) is 4.01. The molecule has 0 radical (unpaired) electrons. The summed E-state index contributed by atoms with van der Waals surface area (Å²) in [5, 5.41) is -0.480. The normalized spacial score (nSPS) is 21.8. The summed E-state index contributed by atoms with van der Waals surface area (Å²) in [6.07, 6.45) is 2.67. The lowest BCUT2D eigenvalue weighted by Crippen LogP contribution is -2.45. The number of benzene rings is 1. The molecule has 2 amide bonds. The molecule has 2 aliphatic rings. The molecule has 0 spiro atoms. The monoisotopic (exact) mass is 432 g/mol. The zero-order valence-electron chi connectivity index (χ0n) is 18.3. The topological polar surface area (TPSA) is 76.2 Å². The Hall–Kier alpha value is -2.48. The van der Waals surface area contributed by atoms with Gasteiger partial charge in [-0.1, -0.05) is 6.92 Å². The third-order valence-electron chi connectivity index (χ3n) is 5.74. The molecular weight excluding hydrogens is 404 g/mol. The van der Waals surface area contributed by atoms with Crippen molar-refractivity contribution in [2.24, 2.45) is 0 Å². The maximum Gasteiger partial charge on any atom is 0.326 e. The molecule has 3 rings (SSSR count). The molecule has 1 atom stereocenters. The van der Waals surface area contributed by atoms with Gasteiger partial charge in [-0.25, -0.2) is 0 Å². The van der Waals surface area contributed by atoms with E-state index in [1.165, 1.54) is 5.56 Å². The first-order valence-electron chi connectivity index (χ1n) is 9.95. The predicted octanol–water partition coefficient (Wildman–Crippen LogP) is 4.02. The number of methoxy groups -OCH3 is 1. The molecule has 1 aromatic rings.